The average Bonchev–Trinajstić information content (AvgIpc) is 3.17. The lowest BCUT2D eigenvalue weighted by molar-refractivity contribution is -0.155. The smallest absolute Gasteiger partial charge is 0.333 e. The van der Waals surface area contributed by atoms with Gasteiger partial charge in [0.1, 0.15) is 0 Å². The maximum atomic E-state index is 12.8. The number of hydrogen-bond acceptors (Lipinski definition) is 4. The highest BCUT2D eigenvalue weighted by Gasteiger charge is 2.56. The van der Waals surface area contributed by atoms with Crippen LogP contribution in [-0.2, 0) is 26.3 Å². The first kappa shape index (κ1) is 14.3. The van der Waals surface area contributed by atoms with Gasteiger partial charge in [0.05, 0.1) is 18.7 Å². The molecule has 2 atom stereocenters. The number of nitrogens with one attached hydrogen (secondary N) is 3. The van der Waals surface area contributed by atoms with E-state index in [4.69, 9.17) is 4.74 Å². The molecule has 0 radical (unpaired) electrons. The van der Waals surface area contributed by atoms with Gasteiger partial charge >= 0.3 is 5.97 Å². The van der Waals surface area contributed by atoms with Crippen molar-refractivity contribution in [1.29, 1.82) is 0 Å². The highest BCUT2D eigenvalue weighted by molar-refractivity contribution is 5.96. The Hall–Kier alpha value is -2.34. The molecule has 6 heteroatoms. The minimum atomic E-state index is -1.14. The first-order chi connectivity index (χ1) is 11.2. The number of H-pyrrole nitrogens is 1. The van der Waals surface area contributed by atoms with E-state index in [9.17, 15) is 9.59 Å². The Kier molecular flexibility index (Phi) is 3.16. The van der Waals surface area contributed by atoms with Crippen LogP contribution in [0.2, 0.25) is 0 Å². The number of aromatic nitrogens is 1. The summed E-state index contributed by atoms with van der Waals surface area (Å²) in [6.07, 6.45) is 1.42. The van der Waals surface area contributed by atoms with Crippen molar-refractivity contribution in [1.82, 2.24) is 15.6 Å². The number of carbonyl (C=O) groups excluding carboxylic acids is 2. The molecule has 6 nitrogen and oxygen atoms in total. The number of fused-ring (bicyclic) bond motifs is 3. The van der Waals surface area contributed by atoms with E-state index in [-0.39, 0.29) is 5.91 Å². The molecule has 3 N–H and O–H groups in total. The second-order valence-corrected chi connectivity index (χ2v) is 6.13. The fraction of sp³-hybridized carbons (Fsp3) is 0.412. The predicted octanol–water partition coefficient (Wildman–Crippen LogP) is 0.818. The van der Waals surface area contributed by atoms with Crippen LogP contribution >= 0.6 is 0 Å². The summed E-state index contributed by atoms with van der Waals surface area (Å²) in [7, 11) is 1.37. The molecule has 0 bridgehead atoms. The number of esters is 1. The molecule has 1 aromatic heterocycles. The van der Waals surface area contributed by atoms with Crippen molar-refractivity contribution in [2.45, 2.75) is 18.4 Å². The number of hydrogen-bond donors (Lipinski definition) is 3. The number of benzene rings is 1. The SMILES string of the molecule is COC(=O)[C@]1([C@H]2CCNC2=O)NCCc2c1[nH]c1ccccc21. The Morgan fingerprint density at radius 1 is 1.30 bits per heavy atom. The van der Waals surface area contributed by atoms with Gasteiger partial charge < -0.3 is 15.0 Å². The maximum Gasteiger partial charge on any atom is 0.333 e. The van der Waals surface area contributed by atoms with Crippen LogP contribution in [0.5, 0.6) is 0 Å². The highest BCUT2D eigenvalue weighted by atomic mass is 16.5. The zero-order valence-electron chi connectivity index (χ0n) is 12.9. The zero-order chi connectivity index (χ0) is 16.0. The molecule has 2 aromatic rings. The Labute approximate surface area is 133 Å². The fourth-order valence-corrected chi connectivity index (χ4v) is 4.05. The highest BCUT2D eigenvalue weighted by Crippen LogP contribution is 2.41. The Morgan fingerprint density at radius 2 is 2.13 bits per heavy atom. The molecule has 2 aliphatic rings. The summed E-state index contributed by atoms with van der Waals surface area (Å²) in [5, 5.41) is 7.25. The third kappa shape index (κ3) is 1.84. The number of aromatic amines is 1. The lowest BCUT2D eigenvalue weighted by atomic mass is 9.75. The molecule has 1 saturated heterocycles. The summed E-state index contributed by atoms with van der Waals surface area (Å²) in [5.41, 5.74) is 1.72. The monoisotopic (exact) mass is 313 g/mol. The van der Waals surface area contributed by atoms with E-state index < -0.39 is 17.4 Å². The molecule has 0 spiro atoms. The van der Waals surface area contributed by atoms with Crippen molar-refractivity contribution in [2.75, 3.05) is 20.2 Å². The van der Waals surface area contributed by atoms with Crippen molar-refractivity contribution in [2.24, 2.45) is 5.92 Å². The minimum Gasteiger partial charge on any atom is -0.467 e. The fourth-order valence-electron chi connectivity index (χ4n) is 4.05. The first-order valence-corrected chi connectivity index (χ1v) is 7.89. The molecule has 2 aliphatic heterocycles. The van der Waals surface area contributed by atoms with E-state index >= 15 is 0 Å². The van der Waals surface area contributed by atoms with Gasteiger partial charge in [-0.2, -0.15) is 0 Å². The third-order valence-corrected chi connectivity index (χ3v) is 5.07. The lowest BCUT2D eigenvalue weighted by Crippen LogP contribution is -2.60. The predicted molar refractivity (Wildman–Crippen MR) is 84.8 cm³/mol. The van der Waals surface area contributed by atoms with Gasteiger partial charge in [-0.1, -0.05) is 18.2 Å². The number of para-hydroxylation sites is 1. The molecule has 1 amide bonds. The van der Waals surface area contributed by atoms with Crippen molar-refractivity contribution in [3.05, 3.63) is 35.5 Å². The summed E-state index contributed by atoms with van der Waals surface area (Å²) < 4.78 is 5.11. The number of ether oxygens (including phenoxy) is 1. The summed E-state index contributed by atoms with van der Waals surface area (Å²) in [5.74, 6) is -0.983. The maximum absolute atomic E-state index is 12.8. The normalized spacial score (nSPS) is 26.8. The molecule has 0 aliphatic carbocycles. The first-order valence-electron chi connectivity index (χ1n) is 7.89. The van der Waals surface area contributed by atoms with E-state index in [2.05, 4.69) is 15.6 Å². The molecular formula is C17H19N3O3. The molecule has 0 saturated carbocycles. The topological polar surface area (TPSA) is 83.2 Å². The van der Waals surface area contributed by atoms with Crippen LogP contribution in [0.1, 0.15) is 17.7 Å². The Balaban J connectivity index is 1.98. The number of rotatable bonds is 2. The molecule has 0 unspecified atom stereocenters. The van der Waals surface area contributed by atoms with Gasteiger partial charge in [-0.3, -0.25) is 10.1 Å². The quantitative estimate of drug-likeness (QED) is 0.717. The van der Waals surface area contributed by atoms with Crippen LogP contribution in [-0.4, -0.2) is 37.1 Å². The number of amides is 1. The van der Waals surface area contributed by atoms with Gasteiger partial charge in [0, 0.05) is 24.0 Å². The number of carbonyl (C=O) groups is 2. The van der Waals surface area contributed by atoms with Crippen molar-refractivity contribution in [3.63, 3.8) is 0 Å². The van der Waals surface area contributed by atoms with E-state index in [1.165, 1.54) is 7.11 Å². The zero-order valence-corrected chi connectivity index (χ0v) is 12.9. The minimum absolute atomic E-state index is 0.102. The lowest BCUT2D eigenvalue weighted by Gasteiger charge is -2.39. The van der Waals surface area contributed by atoms with Crippen LogP contribution in [0.25, 0.3) is 10.9 Å². The van der Waals surface area contributed by atoms with Gasteiger partial charge in [-0.25, -0.2) is 4.79 Å². The van der Waals surface area contributed by atoms with Crippen LogP contribution in [0.15, 0.2) is 24.3 Å². The molecule has 3 heterocycles. The van der Waals surface area contributed by atoms with E-state index in [1.54, 1.807) is 0 Å². The summed E-state index contributed by atoms with van der Waals surface area (Å²) >= 11 is 0. The van der Waals surface area contributed by atoms with Crippen LogP contribution in [0.3, 0.4) is 0 Å². The van der Waals surface area contributed by atoms with Crippen LogP contribution in [0.4, 0.5) is 0 Å². The molecule has 4 rings (SSSR count). The second-order valence-electron chi connectivity index (χ2n) is 6.13. The average molecular weight is 313 g/mol. The largest absolute Gasteiger partial charge is 0.467 e. The van der Waals surface area contributed by atoms with Crippen molar-refractivity contribution in [3.8, 4) is 0 Å². The molecular weight excluding hydrogens is 294 g/mol. The molecule has 23 heavy (non-hydrogen) atoms. The second kappa shape index (κ2) is 5.09. The van der Waals surface area contributed by atoms with Crippen molar-refractivity contribution >= 4 is 22.8 Å². The van der Waals surface area contributed by atoms with Crippen molar-refractivity contribution < 1.29 is 14.3 Å². The third-order valence-electron chi connectivity index (χ3n) is 5.07. The summed E-state index contributed by atoms with van der Waals surface area (Å²) in [4.78, 5) is 28.5. The summed E-state index contributed by atoms with van der Waals surface area (Å²) in [6, 6.07) is 7.98. The molecule has 120 valence electrons. The van der Waals surface area contributed by atoms with Crippen LogP contribution in [0, 0.1) is 5.92 Å². The molecule has 1 aromatic carbocycles. The Bertz CT molecular complexity index is 797. The van der Waals surface area contributed by atoms with Gasteiger partial charge in [0.25, 0.3) is 0 Å². The summed E-state index contributed by atoms with van der Waals surface area (Å²) in [6.45, 7) is 1.22. The van der Waals surface area contributed by atoms with E-state index in [0.717, 1.165) is 28.6 Å². The van der Waals surface area contributed by atoms with Gasteiger partial charge in [-0.05, 0) is 24.5 Å². The Morgan fingerprint density at radius 3 is 2.87 bits per heavy atom. The van der Waals surface area contributed by atoms with E-state index in [0.29, 0.717) is 19.5 Å². The van der Waals surface area contributed by atoms with Crippen LogP contribution < -0.4 is 10.6 Å². The van der Waals surface area contributed by atoms with Gasteiger partial charge in [-0.15, -0.1) is 0 Å². The van der Waals surface area contributed by atoms with Gasteiger partial charge in [0.2, 0.25) is 5.91 Å². The standard InChI is InChI=1S/C17H19N3O3/c1-23-16(22)17(12-7-8-18-15(12)21)14-11(6-9-19-17)10-4-2-3-5-13(10)20-14/h2-5,12,19-20H,6-9H2,1H3,(H,18,21)/t12-,17+/m0/s1. The molecule has 1 fully saturated rings. The van der Waals surface area contributed by atoms with E-state index in [1.807, 2.05) is 24.3 Å². The van der Waals surface area contributed by atoms with Gasteiger partial charge in [0.15, 0.2) is 5.54 Å². The number of methoxy groups -OCH3 is 1.